The molecule has 2 heteroatoms. The highest BCUT2D eigenvalue weighted by Gasteiger charge is 2.36. The molecule has 0 aromatic rings. The lowest BCUT2D eigenvalue weighted by Gasteiger charge is -2.40. The second-order valence-electron chi connectivity index (χ2n) is 3.77. The van der Waals surface area contributed by atoms with E-state index in [4.69, 9.17) is 5.73 Å². The average molecular weight is 167 g/mol. The van der Waals surface area contributed by atoms with Gasteiger partial charge < -0.3 is 5.73 Å². The maximum Gasteiger partial charge on any atom is 0.137 e. The fourth-order valence-electron chi connectivity index (χ4n) is 1.78. The van der Waals surface area contributed by atoms with Crippen LogP contribution in [0.25, 0.3) is 0 Å². The second-order valence-corrected chi connectivity index (χ2v) is 3.77. The van der Waals surface area contributed by atoms with Crippen LogP contribution in [0.2, 0.25) is 0 Å². The molecule has 2 N–H and O–H groups in total. The number of Topliss-reactive ketones (excluding diaryl/α,β-unsaturated/α-hetero) is 1. The van der Waals surface area contributed by atoms with Crippen molar-refractivity contribution < 1.29 is 4.79 Å². The van der Waals surface area contributed by atoms with Gasteiger partial charge in [-0.05, 0) is 24.8 Å². The highest BCUT2D eigenvalue weighted by atomic mass is 16.1. The maximum absolute atomic E-state index is 11.3. The quantitative estimate of drug-likeness (QED) is 0.633. The van der Waals surface area contributed by atoms with E-state index in [9.17, 15) is 4.79 Å². The van der Waals surface area contributed by atoms with E-state index in [1.165, 1.54) is 6.42 Å². The molecule has 1 aliphatic carbocycles. The number of carbonyl (C=O) groups is 1. The van der Waals surface area contributed by atoms with Crippen molar-refractivity contribution in [1.29, 1.82) is 0 Å². The van der Waals surface area contributed by atoms with E-state index in [0.29, 0.717) is 19.4 Å². The van der Waals surface area contributed by atoms with Gasteiger partial charge in [-0.2, -0.15) is 0 Å². The summed E-state index contributed by atoms with van der Waals surface area (Å²) in [5.41, 5.74) is 5.80. The summed E-state index contributed by atoms with van der Waals surface area (Å²) < 4.78 is 0. The summed E-state index contributed by atoms with van der Waals surface area (Å²) in [4.78, 5) is 11.3. The van der Waals surface area contributed by atoms with E-state index in [1.807, 2.05) is 0 Å². The summed E-state index contributed by atoms with van der Waals surface area (Å²) in [7, 11) is 0. The normalized spacial score (nSPS) is 19.8. The number of nitrogens with two attached hydrogens (primary N) is 1. The molecule has 0 unspecified atom stereocenters. The fourth-order valence-corrected chi connectivity index (χ4v) is 1.78. The third kappa shape index (κ3) is 1.95. The van der Waals surface area contributed by atoms with Crippen LogP contribution >= 0.6 is 0 Å². The van der Waals surface area contributed by atoms with E-state index in [1.54, 1.807) is 6.08 Å². The van der Waals surface area contributed by atoms with Gasteiger partial charge in [0, 0.05) is 12.8 Å². The van der Waals surface area contributed by atoms with Crippen molar-refractivity contribution in [3.63, 3.8) is 0 Å². The maximum atomic E-state index is 11.3. The van der Waals surface area contributed by atoms with Crippen LogP contribution in [-0.2, 0) is 4.79 Å². The minimum atomic E-state index is 0.167. The molecule has 0 spiro atoms. The molecule has 68 valence electrons. The summed E-state index contributed by atoms with van der Waals surface area (Å²) in [6, 6.07) is 0. The van der Waals surface area contributed by atoms with Crippen LogP contribution in [0, 0.1) is 5.41 Å². The van der Waals surface area contributed by atoms with E-state index in [-0.39, 0.29) is 11.2 Å². The molecular weight excluding hydrogens is 150 g/mol. The molecule has 1 fully saturated rings. The van der Waals surface area contributed by atoms with Crippen molar-refractivity contribution in [3.8, 4) is 0 Å². The van der Waals surface area contributed by atoms with Gasteiger partial charge in [0.25, 0.3) is 0 Å². The predicted molar refractivity (Wildman–Crippen MR) is 49.8 cm³/mol. The molecule has 0 heterocycles. The van der Waals surface area contributed by atoms with Crippen LogP contribution in [0.1, 0.15) is 32.1 Å². The van der Waals surface area contributed by atoms with Crippen molar-refractivity contribution in [1.82, 2.24) is 0 Å². The number of rotatable bonds is 5. The van der Waals surface area contributed by atoms with Gasteiger partial charge in [0.05, 0.1) is 0 Å². The lowest BCUT2D eigenvalue weighted by atomic mass is 9.66. The summed E-state index contributed by atoms with van der Waals surface area (Å²) in [5, 5.41) is 0. The highest BCUT2D eigenvalue weighted by Crippen LogP contribution is 2.43. The van der Waals surface area contributed by atoms with Crippen molar-refractivity contribution in [3.05, 3.63) is 12.7 Å². The summed E-state index contributed by atoms with van der Waals surface area (Å²) >= 11 is 0. The molecule has 2 nitrogen and oxygen atoms in total. The monoisotopic (exact) mass is 167 g/mol. The van der Waals surface area contributed by atoms with Gasteiger partial charge in [0.1, 0.15) is 5.78 Å². The molecule has 1 aliphatic rings. The highest BCUT2D eigenvalue weighted by molar-refractivity contribution is 5.80. The Kier molecular flexibility index (Phi) is 3.04. The van der Waals surface area contributed by atoms with E-state index >= 15 is 0 Å². The van der Waals surface area contributed by atoms with Gasteiger partial charge in [-0.25, -0.2) is 0 Å². The van der Waals surface area contributed by atoms with Crippen LogP contribution < -0.4 is 5.73 Å². The number of hydrogen-bond acceptors (Lipinski definition) is 2. The fraction of sp³-hybridized carbons (Fsp3) is 0.700. The van der Waals surface area contributed by atoms with Crippen LogP contribution in [0.15, 0.2) is 12.7 Å². The average Bonchev–Trinajstić information content (AvgIpc) is 1.97. The predicted octanol–water partition coefficient (Wildman–Crippen LogP) is 1.65. The molecule has 0 radical (unpaired) electrons. The molecule has 0 bridgehead atoms. The van der Waals surface area contributed by atoms with Gasteiger partial charge in [-0.15, -0.1) is 6.58 Å². The molecule has 0 saturated heterocycles. The molecule has 12 heavy (non-hydrogen) atoms. The smallest absolute Gasteiger partial charge is 0.137 e. The Bertz CT molecular complexity index is 177. The third-order valence-corrected chi connectivity index (χ3v) is 2.79. The Morgan fingerprint density at radius 3 is 2.58 bits per heavy atom. The molecule has 0 aliphatic heterocycles. The second kappa shape index (κ2) is 3.85. The van der Waals surface area contributed by atoms with Gasteiger partial charge in [-0.1, -0.05) is 12.5 Å². The Hall–Kier alpha value is -0.630. The molecule has 0 atom stereocenters. The van der Waals surface area contributed by atoms with E-state index < -0.39 is 0 Å². The molecule has 0 amide bonds. The van der Waals surface area contributed by atoms with Crippen LogP contribution in [0.5, 0.6) is 0 Å². The largest absolute Gasteiger partial charge is 0.330 e. The zero-order valence-electron chi connectivity index (χ0n) is 7.51. The molecule has 0 aromatic heterocycles. The Morgan fingerprint density at radius 2 is 2.25 bits per heavy atom. The number of carbonyl (C=O) groups excluding carboxylic acids is 1. The van der Waals surface area contributed by atoms with Crippen molar-refractivity contribution in [2.45, 2.75) is 32.1 Å². The number of allylic oxidation sites excluding steroid dienone is 1. The summed E-state index contributed by atoms with van der Waals surface area (Å²) in [6.45, 7) is 4.21. The summed E-state index contributed by atoms with van der Waals surface area (Å²) in [5.74, 6) is 0.287. The Balaban J connectivity index is 2.37. The topological polar surface area (TPSA) is 43.1 Å². The SMILES string of the molecule is C=CCC(=O)CC1(CN)CCC1. The third-order valence-electron chi connectivity index (χ3n) is 2.79. The molecule has 1 rings (SSSR count). The molecule has 1 saturated carbocycles. The summed E-state index contributed by atoms with van der Waals surface area (Å²) in [6.07, 6.45) is 6.33. The molecule has 0 aromatic carbocycles. The lowest BCUT2D eigenvalue weighted by molar-refractivity contribution is -0.121. The Labute approximate surface area is 73.8 Å². The van der Waals surface area contributed by atoms with Crippen LogP contribution in [-0.4, -0.2) is 12.3 Å². The van der Waals surface area contributed by atoms with Crippen molar-refractivity contribution in [2.75, 3.05) is 6.54 Å². The van der Waals surface area contributed by atoms with Gasteiger partial charge >= 0.3 is 0 Å². The van der Waals surface area contributed by atoms with Crippen molar-refractivity contribution >= 4 is 5.78 Å². The van der Waals surface area contributed by atoms with Crippen LogP contribution in [0.3, 0.4) is 0 Å². The van der Waals surface area contributed by atoms with Gasteiger partial charge in [-0.3, -0.25) is 4.79 Å². The standard InChI is InChI=1S/C10H17NO/c1-2-4-9(12)7-10(8-11)5-3-6-10/h2H,1,3-8,11H2. The number of ketones is 1. The molecular formula is C10H17NO. The van der Waals surface area contributed by atoms with Crippen LogP contribution in [0.4, 0.5) is 0 Å². The van der Waals surface area contributed by atoms with Gasteiger partial charge in [0.15, 0.2) is 0 Å². The van der Waals surface area contributed by atoms with E-state index in [2.05, 4.69) is 6.58 Å². The number of hydrogen-bond donors (Lipinski definition) is 1. The zero-order chi connectivity index (χ0) is 9.03. The first-order valence-electron chi connectivity index (χ1n) is 4.55. The minimum Gasteiger partial charge on any atom is -0.330 e. The lowest BCUT2D eigenvalue weighted by Crippen LogP contribution is -2.39. The first-order valence-corrected chi connectivity index (χ1v) is 4.55. The minimum absolute atomic E-state index is 0.167. The van der Waals surface area contributed by atoms with Gasteiger partial charge in [0.2, 0.25) is 0 Å². The first kappa shape index (κ1) is 9.46. The first-order chi connectivity index (χ1) is 5.72. The van der Waals surface area contributed by atoms with E-state index in [0.717, 1.165) is 12.8 Å². The van der Waals surface area contributed by atoms with Crippen molar-refractivity contribution in [2.24, 2.45) is 11.1 Å². The Morgan fingerprint density at radius 1 is 1.58 bits per heavy atom. The zero-order valence-corrected chi connectivity index (χ0v) is 7.51.